The molecule has 1 N–H and O–H groups in total. The predicted octanol–water partition coefficient (Wildman–Crippen LogP) is 3.28. The third-order valence-corrected chi connectivity index (χ3v) is 5.16. The molecule has 0 radical (unpaired) electrons. The summed E-state index contributed by atoms with van der Waals surface area (Å²) in [5.74, 6) is -1.84. The molecule has 0 spiro atoms. The number of halogens is 2. The average Bonchev–Trinajstić information content (AvgIpc) is 3.25. The summed E-state index contributed by atoms with van der Waals surface area (Å²) in [4.78, 5) is 34.8. The van der Waals surface area contributed by atoms with Gasteiger partial charge in [0.2, 0.25) is 0 Å². The van der Waals surface area contributed by atoms with Gasteiger partial charge < -0.3 is 14.6 Å². The van der Waals surface area contributed by atoms with Gasteiger partial charge in [0.05, 0.1) is 18.7 Å². The van der Waals surface area contributed by atoms with E-state index in [0.29, 0.717) is 34.9 Å². The van der Waals surface area contributed by atoms with Crippen LogP contribution in [0.15, 0.2) is 18.7 Å². The molecule has 1 atom stereocenters. The lowest BCUT2D eigenvalue weighted by atomic mass is 10.2. The molecule has 4 heterocycles. The summed E-state index contributed by atoms with van der Waals surface area (Å²) in [7, 11) is 0. The molecule has 12 heteroatoms. The van der Waals surface area contributed by atoms with E-state index in [9.17, 15) is 13.6 Å². The Bertz CT molecular complexity index is 1170. The first-order valence-corrected chi connectivity index (χ1v) is 10.6. The molecular weight excluding hydrogens is 434 g/mol. The van der Waals surface area contributed by atoms with E-state index >= 15 is 0 Å². The van der Waals surface area contributed by atoms with Crippen LogP contribution in [0.5, 0.6) is 0 Å². The Morgan fingerprint density at radius 1 is 1.24 bits per heavy atom. The van der Waals surface area contributed by atoms with Crippen molar-refractivity contribution in [3.63, 3.8) is 0 Å². The molecule has 3 aromatic rings. The van der Waals surface area contributed by atoms with Crippen molar-refractivity contribution in [3.05, 3.63) is 24.5 Å². The molecule has 3 aromatic heterocycles. The molecule has 1 fully saturated rings. The number of hydrogen-bond donors (Lipinski definition) is 1. The van der Waals surface area contributed by atoms with Crippen molar-refractivity contribution >= 4 is 23.1 Å². The number of anilines is 1. The van der Waals surface area contributed by atoms with E-state index in [1.165, 1.54) is 6.33 Å². The third kappa shape index (κ3) is 4.55. The number of aromatic nitrogens is 6. The fourth-order valence-electron chi connectivity index (χ4n) is 3.64. The third-order valence-electron chi connectivity index (χ3n) is 5.16. The number of alkyl halides is 2. The maximum Gasteiger partial charge on any atom is 0.410 e. The van der Waals surface area contributed by atoms with E-state index in [2.05, 4.69) is 30.2 Å². The fraction of sp³-hybridized carbons (Fsp3) is 0.524. The Morgan fingerprint density at radius 2 is 1.94 bits per heavy atom. The number of carbonyl (C=O) groups is 1. The zero-order valence-corrected chi connectivity index (χ0v) is 19.1. The molecule has 1 saturated heterocycles. The molecule has 1 unspecified atom stereocenters. The van der Waals surface area contributed by atoms with Crippen molar-refractivity contribution in [2.75, 3.05) is 18.4 Å². The minimum Gasteiger partial charge on any atom is -0.444 e. The summed E-state index contributed by atoms with van der Waals surface area (Å²) in [5, 5.41) is 2.79. The first-order valence-electron chi connectivity index (χ1n) is 10.6. The second-order valence-corrected chi connectivity index (χ2v) is 8.91. The van der Waals surface area contributed by atoms with Crippen LogP contribution in [0.4, 0.5) is 19.4 Å². The van der Waals surface area contributed by atoms with Crippen molar-refractivity contribution in [2.45, 2.75) is 58.7 Å². The van der Waals surface area contributed by atoms with Crippen LogP contribution in [0.25, 0.3) is 22.6 Å². The smallest absolute Gasteiger partial charge is 0.410 e. The van der Waals surface area contributed by atoms with Crippen LogP contribution >= 0.6 is 0 Å². The number of hydrogen-bond acceptors (Lipinski definition) is 8. The zero-order chi connectivity index (χ0) is 24.0. The minimum absolute atomic E-state index is 0.164. The molecular formula is C21H26F2N8O2. The quantitative estimate of drug-likeness (QED) is 0.632. The van der Waals surface area contributed by atoms with Gasteiger partial charge in [-0.1, -0.05) is 0 Å². The number of fused-ring (bicyclic) bond motifs is 1. The summed E-state index contributed by atoms with van der Waals surface area (Å²) in [5.41, 5.74) is 0.741. The Kier molecular flexibility index (Phi) is 5.62. The van der Waals surface area contributed by atoms with Gasteiger partial charge in [-0.05, 0) is 34.6 Å². The highest BCUT2D eigenvalue weighted by molar-refractivity contribution is 5.86. The van der Waals surface area contributed by atoms with E-state index in [0.717, 1.165) is 4.90 Å². The summed E-state index contributed by atoms with van der Waals surface area (Å²) < 4.78 is 36.7. The molecule has 0 aliphatic carbocycles. The van der Waals surface area contributed by atoms with Crippen molar-refractivity contribution < 1.29 is 18.3 Å². The second kappa shape index (κ2) is 8.16. The van der Waals surface area contributed by atoms with Crippen LogP contribution in [0.2, 0.25) is 0 Å². The van der Waals surface area contributed by atoms with E-state index in [4.69, 9.17) is 4.74 Å². The van der Waals surface area contributed by atoms with Gasteiger partial charge in [-0.3, -0.25) is 4.90 Å². The van der Waals surface area contributed by atoms with Gasteiger partial charge in [0.1, 0.15) is 29.6 Å². The van der Waals surface area contributed by atoms with E-state index in [-0.39, 0.29) is 12.4 Å². The standard InChI is InChI=1S/C21H26F2N8O2/c1-6-31-17(13-7-24-12(2)25-8-13)29-15-16(26-11-27-18(15)31)28-14-9-30(10-21(14,22)23)19(32)33-20(3,4)5/h7-8,11,14H,6,9-10H2,1-5H3,(H,26,27,28). The number of nitrogens with zero attached hydrogens (tertiary/aromatic N) is 7. The molecule has 1 aliphatic heterocycles. The van der Waals surface area contributed by atoms with Crippen LogP contribution in [-0.2, 0) is 11.3 Å². The van der Waals surface area contributed by atoms with Crippen LogP contribution in [0.1, 0.15) is 33.5 Å². The summed E-state index contributed by atoms with van der Waals surface area (Å²) in [6.45, 7) is 8.33. The van der Waals surface area contributed by atoms with Crippen molar-refractivity contribution in [2.24, 2.45) is 0 Å². The monoisotopic (exact) mass is 460 g/mol. The van der Waals surface area contributed by atoms with Crippen molar-refractivity contribution in [3.8, 4) is 11.4 Å². The number of amides is 1. The topological polar surface area (TPSA) is 111 Å². The number of imidazole rings is 1. The predicted molar refractivity (Wildman–Crippen MR) is 117 cm³/mol. The lowest BCUT2D eigenvalue weighted by molar-refractivity contribution is -0.00638. The molecule has 0 saturated carbocycles. The molecule has 0 aromatic carbocycles. The van der Waals surface area contributed by atoms with Gasteiger partial charge in [-0.2, -0.15) is 0 Å². The Balaban J connectivity index is 1.65. The SMILES string of the molecule is CCn1c(-c2cnc(C)nc2)nc2c(NC3CN(C(=O)OC(C)(C)C)CC3(F)F)ncnc21. The number of nitrogens with one attached hydrogen (secondary N) is 1. The summed E-state index contributed by atoms with van der Waals surface area (Å²) in [6, 6.07) is -1.36. The van der Waals surface area contributed by atoms with Gasteiger partial charge >= 0.3 is 6.09 Å². The van der Waals surface area contributed by atoms with Gasteiger partial charge in [0.15, 0.2) is 17.0 Å². The zero-order valence-electron chi connectivity index (χ0n) is 19.1. The Labute approximate surface area is 189 Å². The number of ether oxygens (including phenoxy) is 1. The van der Waals surface area contributed by atoms with E-state index in [1.807, 2.05) is 11.5 Å². The number of rotatable bonds is 4. The van der Waals surface area contributed by atoms with Crippen LogP contribution in [0, 0.1) is 6.92 Å². The molecule has 10 nitrogen and oxygen atoms in total. The number of carbonyl (C=O) groups excluding carboxylic acids is 1. The number of likely N-dealkylation sites (tertiary alicyclic amines) is 1. The van der Waals surface area contributed by atoms with Gasteiger partial charge in [-0.15, -0.1) is 0 Å². The molecule has 0 bridgehead atoms. The largest absolute Gasteiger partial charge is 0.444 e. The Hall–Kier alpha value is -3.44. The Morgan fingerprint density at radius 3 is 2.58 bits per heavy atom. The summed E-state index contributed by atoms with van der Waals surface area (Å²) >= 11 is 0. The van der Waals surface area contributed by atoms with Crippen LogP contribution in [-0.4, -0.2) is 71.1 Å². The van der Waals surface area contributed by atoms with E-state index in [1.54, 1.807) is 40.1 Å². The second-order valence-electron chi connectivity index (χ2n) is 8.91. The molecule has 176 valence electrons. The highest BCUT2D eigenvalue weighted by atomic mass is 19.3. The van der Waals surface area contributed by atoms with Crippen LogP contribution < -0.4 is 5.32 Å². The van der Waals surface area contributed by atoms with Gasteiger partial charge in [0.25, 0.3) is 5.92 Å². The van der Waals surface area contributed by atoms with E-state index < -0.39 is 30.2 Å². The molecule has 33 heavy (non-hydrogen) atoms. The van der Waals surface area contributed by atoms with Gasteiger partial charge in [-0.25, -0.2) is 38.5 Å². The molecule has 1 amide bonds. The highest BCUT2D eigenvalue weighted by Crippen LogP contribution is 2.33. The minimum atomic E-state index is -3.19. The lowest BCUT2D eigenvalue weighted by Gasteiger charge is -2.24. The van der Waals surface area contributed by atoms with Gasteiger partial charge in [0, 0.05) is 18.9 Å². The van der Waals surface area contributed by atoms with Crippen LogP contribution in [0.3, 0.4) is 0 Å². The molecule has 4 rings (SSSR count). The lowest BCUT2D eigenvalue weighted by Crippen LogP contribution is -2.38. The summed E-state index contributed by atoms with van der Waals surface area (Å²) in [6.07, 6.45) is 3.82. The number of aryl methyl sites for hydroxylation is 2. The highest BCUT2D eigenvalue weighted by Gasteiger charge is 2.51. The van der Waals surface area contributed by atoms with Crippen molar-refractivity contribution in [1.29, 1.82) is 0 Å². The first-order chi connectivity index (χ1) is 15.5. The average molecular weight is 460 g/mol. The molecule has 1 aliphatic rings. The maximum absolute atomic E-state index is 14.8. The normalized spacial score (nSPS) is 18.0. The fourth-order valence-corrected chi connectivity index (χ4v) is 3.64. The first kappa shape index (κ1) is 22.7. The maximum atomic E-state index is 14.8. The van der Waals surface area contributed by atoms with Crippen molar-refractivity contribution in [1.82, 2.24) is 34.4 Å².